The van der Waals surface area contributed by atoms with Crippen LogP contribution in [0.1, 0.15) is 31.2 Å². The lowest BCUT2D eigenvalue weighted by Gasteiger charge is -2.27. The molecule has 0 amide bonds. The fraction of sp³-hybridized carbons (Fsp3) is 0.750. The molecule has 1 saturated heterocycles. The van der Waals surface area contributed by atoms with Crippen molar-refractivity contribution in [3.05, 3.63) is 15.9 Å². The largest absolute Gasteiger partial charge is 0.394 e. The Morgan fingerprint density at radius 2 is 2.35 bits per heavy atom. The molecule has 0 spiro atoms. The number of aromatic nitrogens is 2. The van der Waals surface area contributed by atoms with Crippen LogP contribution < -0.4 is 5.32 Å². The summed E-state index contributed by atoms with van der Waals surface area (Å²) >= 11 is 3.63. The highest BCUT2D eigenvalue weighted by Gasteiger charge is 2.34. The highest BCUT2D eigenvalue weighted by molar-refractivity contribution is 9.10. The first kappa shape index (κ1) is 13.1. The molecular weight excluding hydrogens is 282 g/mol. The van der Waals surface area contributed by atoms with Crippen LogP contribution in [0, 0.1) is 0 Å². The van der Waals surface area contributed by atoms with Gasteiger partial charge in [0.2, 0.25) is 0 Å². The Bertz CT molecular complexity index is 397. The van der Waals surface area contributed by atoms with E-state index in [1.165, 1.54) is 5.69 Å². The number of nitrogens with one attached hydrogen (secondary N) is 1. The number of halogens is 1. The predicted molar refractivity (Wildman–Crippen MR) is 71.0 cm³/mol. The van der Waals surface area contributed by atoms with Gasteiger partial charge in [-0.1, -0.05) is 6.92 Å². The molecule has 5 heteroatoms. The highest BCUT2D eigenvalue weighted by atomic mass is 79.9. The lowest BCUT2D eigenvalue weighted by atomic mass is 9.92. The maximum absolute atomic E-state index is 9.62. The molecular formula is C12H20BrN3O. The molecule has 0 radical (unpaired) electrons. The number of hydrogen-bond donors (Lipinski definition) is 2. The molecule has 96 valence electrons. The van der Waals surface area contributed by atoms with E-state index < -0.39 is 0 Å². The van der Waals surface area contributed by atoms with E-state index in [1.54, 1.807) is 0 Å². The van der Waals surface area contributed by atoms with Gasteiger partial charge in [0.05, 0.1) is 22.5 Å². The Morgan fingerprint density at radius 1 is 1.59 bits per heavy atom. The fourth-order valence-corrected chi connectivity index (χ4v) is 3.30. The average Bonchev–Trinajstić information content (AvgIpc) is 2.90. The van der Waals surface area contributed by atoms with Crippen molar-refractivity contribution in [1.82, 2.24) is 15.1 Å². The monoisotopic (exact) mass is 301 g/mol. The minimum atomic E-state index is -0.151. The smallest absolute Gasteiger partial charge is 0.0766 e. The molecule has 1 aliphatic heterocycles. The third kappa shape index (κ3) is 2.41. The molecule has 2 N–H and O–H groups in total. The number of aliphatic hydroxyl groups is 1. The van der Waals surface area contributed by atoms with Crippen molar-refractivity contribution in [2.45, 2.75) is 38.1 Å². The zero-order chi connectivity index (χ0) is 12.5. The summed E-state index contributed by atoms with van der Waals surface area (Å²) in [6.07, 6.45) is 3.92. The molecule has 2 heterocycles. The van der Waals surface area contributed by atoms with Crippen LogP contribution in [0.2, 0.25) is 0 Å². The number of rotatable bonds is 4. The van der Waals surface area contributed by atoms with Gasteiger partial charge in [-0.25, -0.2) is 0 Å². The van der Waals surface area contributed by atoms with E-state index in [2.05, 4.69) is 33.3 Å². The van der Waals surface area contributed by atoms with E-state index >= 15 is 0 Å². The van der Waals surface area contributed by atoms with Crippen molar-refractivity contribution in [3.63, 3.8) is 0 Å². The molecule has 1 atom stereocenters. The maximum atomic E-state index is 9.62. The first-order chi connectivity index (χ1) is 8.12. The summed E-state index contributed by atoms with van der Waals surface area (Å²) < 4.78 is 3.03. The number of hydrogen-bond acceptors (Lipinski definition) is 3. The van der Waals surface area contributed by atoms with Crippen LogP contribution in [0.3, 0.4) is 0 Å². The second-order valence-corrected chi connectivity index (χ2v) is 5.62. The van der Waals surface area contributed by atoms with E-state index in [0.29, 0.717) is 0 Å². The molecule has 0 bridgehead atoms. The quantitative estimate of drug-likeness (QED) is 0.884. The van der Waals surface area contributed by atoms with E-state index in [-0.39, 0.29) is 12.1 Å². The van der Waals surface area contributed by atoms with Crippen LogP contribution in [-0.2, 0) is 19.9 Å². The minimum Gasteiger partial charge on any atom is -0.394 e. The molecule has 1 aromatic heterocycles. The van der Waals surface area contributed by atoms with Crippen LogP contribution >= 0.6 is 15.9 Å². The SMILES string of the molecule is CCc1nn(C)c(CC2(CO)CCCN2)c1Br. The maximum Gasteiger partial charge on any atom is 0.0766 e. The van der Waals surface area contributed by atoms with Gasteiger partial charge in [0.25, 0.3) is 0 Å². The summed E-state index contributed by atoms with van der Waals surface area (Å²) in [6.45, 7) is 3.29. The summed E-state index contributed by atoms with van der Waals surface area (Å²) in [6, 6.07) is 0. The van der Waals surface area contributed by atoms with Crippen molar-refractivity contribution >= 4 is 15.9 Å². The Labute approximate surface area is 111 Å². The summed E-state index contributed by atoms with van der Waals surface area (Å²) in [5.41, 5.74) is 2.11. The van der Waals surface area contributed by atoms with Gasteiger partial charge in [-0.2, -0.15) is 5.10 Å². The van der Waals surface area contributed by atoms with Crippen molar-refractivity contribution in [1.29, 1.82) is 0 Å². The summed E-state index contributed by atoms with van der Waals surface area (Å²) in [7, 11) is 1.97. The molecule has 0 aromatic carbocycles. The van der Waals surface area contributed by atoms with Crippen LogP contribution in [0.5, 0.6) is 0 Å². The normalized spacial score (nSPS) is 24.5. The Hall–Kier alpha value is -0.390. The van der Waals surface area contributed by atoms with Crippen LogP contribution in [0.4, 0.5) is 0 Å². The molecule has 1 aromatic rings. The van der Waals surface area contributed by atoms with Gasteiger partial charge in [-0.15, -0.1) is 0 Å². The minimum absolute atomic E-state index is 0.151. The number of aryl methyl sites for hydroxylation is 2. The van der Waals surface area contributed by atoms with Crippen molar-refractivity contribution in [2.75, 3.05) is 13.2 Å². The molecule has 17 heavy (non-hydrogen) atoms. The zero-order valence-corrected chi connectivity index (χ0v) is 12.0. The topological polar surface area (TPSA) is 50.1 Å². The van der Waals surface area contributed by atoms with Crippen molar-refractivity contribution in [3.8, 4) is 0 Å². The number of nitrogens with zero attached hydrogens (tertiary/aromatic N) is 2. The van der Waals surface area contributed by atoms with E-state index in [1.807, 2.05) is 11.7 Å². The third-order valence-electron chi connectivity index (χ3n) is 3.64. The van der Waals surface area contributed by atoms with E-state index in [4.69, 9.17) is 0 Å². The van der Waals surface area contributed by atoms with Crippen molar-refractivity contribution < 1.29 is 5.11 Å². The average molecular weight is 302 g/mol. The van der Waals surface area contributed by atoms with Crippen LogP contribution in [0.15, 0.2) is 4.47 Å². The van der Waals surface area contributed by atoms with Crippen molar-refractivity contribution in [2.24, 2.45) is 7.05 Å². The zero-order valence-electron chi connectivity index (χ0n) is 10.5. The second-order valence-electron chi connectivity index (χ2n) is 4.83. The molecule has 2 rings (SSSR count). The molecule has 1 unspecified atom stereocenters. The third-order valence-corrected chi connectivity index (χ3v) is 4.56. The molecule has 1 fully saturated rings. The first-order valence-electron chi connectivity index (χ1n) is 6.18. The van der Waals surface area contributed by atoms with Gasteiger partial charge in [0.15, 0.2) is 0 Å². The standard InChI is InChI=1S/C12H20BrN3O/c1-3-9-11(13)10(16(2)15-9)7-12(8-17)5-4-6-14-12/h14,17H,3-8H2,1-2H3. The van der Waals surface area contributed by atoms with Gasteiger partial charge in [-0.05, 0) is 41.7 Å². The van der Waals surface area contributed by atoms with Crippen LogP contribution in [-0.4, -0.2) is 33.6 Å². The molecule has 0 saturated carbocycles. The molecule has 1 aliphatic rings. The van der Waals surface area contributed by atoms with Gasteiger partial charge >= 0.3 is 0 Å². The Balaban J connectivity index is 2.25. The first-order valence-corrected chi connectivity index (χ1v) is 6.97. The molecule has 0 aliphatic carbocycles. The van der Waals surface area contributed by atoms with Gasteiger partial charge in [-0.3, -0.25) is 4.68 Å². The predicted octanol–water partition coefficient (Wildman–Crippen LogP) is 1.40. The number of aliphatic hydroxyl groups excluding tert-OH is 1. The van der Waals surface area contributed by atoms with E-state index in [0.717, 1.165) is 42.4 Å². The lowest BCUT2D eigenvalue weighted by Crippen LogP contribution is -2.45. The highest BCUT2D eigenvalue weighted by Crippen LogP contribution is 2.29. The second kappa shape index (κ2) is 5.08. The van der Waals surface area contributed by atoms with Gasteiger partial charge < -0.3 is 10.4 Å². The van der Waals surface area contributed by atoms with Crippen LogP contribution in [0.25, 0.3) is 0 Å². The van der Waals surface area contributed by atoms with Gasteiger partial charge in [0, 0.05) is 19.0 Å². The Kier molecular flexibility index (Phi) is 3.90. The van der Waals surface area contributed by atoms with Gasteiger partial charge in [0.1, 0.15) is 0 Å². The van der Waals surface area contributed by atoms with E-state index in [9.17, 15) is 5.11 Å². The lowest BCUT2D eigenvalue weighted by molar-refractivity contribution is 0.175. The summed E-state index contributed by atoms with van der Waals surface area (Å²) in [5.74, 6) is 0. The molecule has 4 nitrogen and oxygen atoms in total. The Morgan fingerprint density at radius 3 is 2.82 bits per heavy atom. The summed E-state index contributed by atoms with van der Waals surface area (Å²) in [5, 5.41) is 17.6. The summed E-state index contributed by atoms with van der Waals surface area (Å²) in [4.78, 5) is 0. The fourth-order valence-electron chi connectivity index (χ4n) is 2.54.